The van der Waals surface area contributed by atoms with Crippen molar-refractivity contribution in [1.82, 2.24) is 5.32 Å². The molecular weight excluding hydrogens is 240 g/mol. The summed E-state index contributed by atoms with van der Waals surface area (Å²) >= 11 is 0. The summed E-state index contributed by atoms with van der Waals surface area (Å²) in [6.45, 7) is 0.728. The Labute approximate surface area is 113 Å². The number of rotatable bonds is 3. The Morgan fingerprint density at radius 1 is 1.32 bits per heavy atom. The number of carbonyl (C=O) groups excluding carboxylic acids is 1. The lowest BCUT2D eigenvalue weighted by Crippen LogP contribution is -2.40. The normalized spacial score (nSPS) is 33.7. The van der Waals surface area contributed by atoms with Gasteiger partial charge in [0, 0.05) is 18.7 Å². The minimum atomic E-state index is -0.120. The number of ether oxygens (including phenoxy) is 1. The second-order valence-corrected chi connectivity index (χ2v) is 5.47. The second-order valence-electron chi connectivity index (χ2n) is 5.47. The molecule has 1 amide bonds. The van der Waals surface area contributed by atoms with Crippen LogP contribution in [-0.4, -0.2) is 24.6 Å². The van der Waals surface area contributed by atoms with Crippen molar-refractivity contribution in [2.45, 2.75) is 37.5 Å². The first-order valence-corrected chi connectivity index (χ1v) is 6.98. The molecule has 0 spiro atoms. The monoisotopic (exact) mass is 260 g/mol. The van der Waals surface area contributed by atoms with Crippen molar-refractivity contribution in [3.8, 4) is 0 Å². The van der Waals surface area contributed by atoms with E-state index >= 15 is 0 Å². The van der Waals surface area contributed by atoms with Crippen LogP contribution in [0.25, 0.3) is 0 Å². The SMILES string of the molecule is NC1CC1NC(=O)C1CCCOC1c1ccccc1. The molecule has 4 unspecified atom stereocenters. The van der Waals surface area contributed by atoms with Gasteiger partial charge in [0.05, 0.1) is 12.0 Å². The van der Waals surface area contributed by atoms with E-state index < -0.39 is 0 Å². The van der Waals surface area contributed by atoms with Gasteiger partial charge in [0.15, 0.2) is 0 Å². The van der Waals surface area contributed by atoms with Crippen LogP contribution in [0, 0.1) is 5.92 Å². The van der Waals surface area contributed by atoms with Crippen molar-refractivity contribution in [3.63, 3.8) is 0 Å². The van der Waals surface area contributed by atoms with Crippen molar-refractivity contribution in [1.29, 1.82) is 0 Å². The predicted molar refractivity (Wildman–Crippen MR) is 72.4 cm³/mol. The van der Waals surface area contributed by atoms with Gasteiger partial charge in [-0.3, -0.25) is 4.79 Å². The van der Waals surface area contributed by atoms with Gasteiger partial charge in [-0.05, 0) is 24.8 Å². The van der Waals surface area contributed by atoms with Crippen LogP contribution in [-0.2, 0) is 9.53 Å². The Morgan fingerprint density at radius 2 is 2.05 bits per heavy atom. The largest absolute Gasteiger partial charge is 0.373 e. The van der Waals surface area contributed by atoms with Crippen LogP contribution in [0.3, 0.4) is 0 Å². The van der Waals surface area contributed by atoms with E-state index in [9.17, 15) is 4.79 Å². The Morgan fingerprint density at radius 3 is 2.74 bits per heavy atom. The molecule has 0 radical (unpaired) electrons. The Bertz CT molecular complexity index is 449. The van der Waals surface area contributed by atoms with Gasteiger partial charge in [-0.2, -0.15) is 0 Å². The van der Waals surface area contributed by atoms with E-state index in [1.807, 2.05) is 30.3 Å². The molecule has 3 N–H and O–H groups in total. The molecule has 1 aliphatic heterocycles. The summed E-state index contributed by atoms with van der Waals surface area (Å²) in [6, 6.07) is 10.3. The minimum Gasteiger partial charge on any atom is -0.373 e. The van der Waals surface area contributed by atoms with Gasteiger partial charge < -0.3 is 15.8 Å². The highest BCUT2D eigenvalue weighted by atomic mass is 16.5. The lowest BCUT2D eigenvalue weighted by molar-refractivity contribution is -0.134. The molecule has 1 aromatic rings. The van der Waals surface area contributed by atoms with Crippen LogP contribution in [0.1, 0.15) is 30.9 Å². The molecule has 1 heterocycles. The zero-order valence-corrected chi connectivity index (χ0v) is 10.9. The van der Waals surface area contributed by atoms with Gasteiger partial charge in [0.2, 0.25) is 5.91 Å². The summed E-state index contributed by atoms with van der Waals surface area (Å²) in [6.07, 6.45) is 2.60. The van der Waals surface area contributed by atoms with Crippen LogP contribution < -0.4 is 11.1 Å². The minimum absolute atomic E-state index is 0.0894. The lowest BCUT2D eigenvalue weighted by Gasteiger charge is -2.31. The van der Waals surface area contributed by atoms with Crippen LogP contribution in [0.4, 0.5) is 0 Å². The van der Waals surface area contributed by atoms with Crippen molar-refractivity contribution in [2.75, 3.05) is 6.61 Å². The average molecular weight is 260 g/mol. The maximum Gasteiger partial charge on any atom is 0.226 e. The molecule has 19 heavy (non-hydrogen) atoms. The number of amides is 1. The van der Waals surface area contributed by atoms with Crippen LogP contribution in [0.5, 0.6) is 0 Å². The molecule has 2 fully saturated rings. The molecule has 1 saturated heterocycles. The number of carbonyl (C=O) groups is 1. The number of benzene rings is 1. The summed E-state index contributed by atoms with van der Waals surface area (Å²) in [5.41, 5.74) is 6.83. The molecular formula is C15H20N2O2. The van der Waals surface area contributed by atoms with Gasteiger partial charge >= 0.3 is 0 Å². The molecule has 3 rings (SSSR count). The fraction of sp³-hybridized carbons (Fsp3) is 0.533. The molecule has 102 valence electrons. The van der Waals surface area contributed by atoms with E-state index in [2.05, 4.69) is 5.32 Å². The van der Waals surface area contributed by atoms with E-state index in [0.29, 0.717) is 0 Å². The molecule has 1 aromatic carbocycles. The molecule has 1 aliphatic carbocycles. The van der Waals surface area contributed by atoms with Crippen molar-refractivity contribution < 1.29 is 9.53 Å². The van der Waals surface area contributed by atoms with Gasteiger partial charge in [0.1, 0.15) is 0 Å². The third-order valence-electron chi connectivity index (χ3n) is 3.95. The highest BCUT2D eigenvalue weighted by molar-refractivity contribution is 5.80. The summed E-state index contributed by atoms with van der Waals surface area (Å²) < 4.78 is 5.83. The van der Waals surface area contributed by atoms with Crippen LogP contribution >= 0.6 is 0 Å². The van der Waals surface area contributed by atoms with E-state index in [1.165, 1.54) is 0 Å². The van der Waals surface area contributed by atoms with Crippen LogP contribution in [0.2, 0.25) is 0 Å². The first kappa shape index (κ1) is 12.6. The standard InChI is InChI=1S/C15H20N2O2/c16-12-9-13(12)17-15(18)11-7-4-8-19-14(11)10-5-2-1-3-6-10/h1-3,5-6,11-14H,4,7-9,16H2,(H,17,18). The summed E-state index contributed by atoms with van der Waals surface area (Å²) in [5.74, 6) is -0.00421. The summed E-state index contributed by atoms with van der Waals surface area (Å²) in [5, 5.41) is 3.03. The van der Waals surface area contributed by atoms with Crippen LogP contribution in [0.15, 0.2) is 30.3 Å². The number of nitrogens with one attached hydrogen (secondary N) is 1. The van der Waals surface area contributed by atoms with E-state index in [4.69, 9.17) is 10.5 Å². The zero-order chi connectivity index (χ0) is 13.2. The maximum absolute atomic E-state index is 12.3. The maximum atomic E-state index is 12.3. The molecule has 4 nitrogen and oxygen atoms in total. The molecule has 4 atom stereocenters. The van der Waals surface area contributed by atoms with Gasteiger partial charge in [-0.1, -0.05) is 30.3 Å². The molecule has 0 aromatic heterocycles. The first-order chi connectivity index (χ1) is 9.25. The van der Waals surface area contributed by atoms with Crippen molar-refractivity contribution >= 4 is 5.91 Å². The lowest BCUT2D eigenvalue weighted by atomic mass is 9.88. The summed E-state index contributed by atoms with van der Waals surface area (Å²) in [4.78, 5) is 12.3. The smallest absolute Gasteiger partial charge is 0.226 e. The fourth-order valence-corrected chi connectivity index (χ4v) is 2.69. The third kappa shape index (κ3) is 2.80. The Balaban J connectivity index is 1.71. The molecule has 0 bridgehead atoms. The topological polar surface area (TPSA) is 64.3 Å². The Hall–Kier alpha value is -1.39. The fourth-order valence-electron chi connectivity index (χ4n) is 2.69. The number of hydrogen-bond acceptors (Lipinski definition) is 3. The second kappa shape index (κ2) is 5.31. The highest BCUT2D eigenvalue weighted by Gasteiger charge is 2.39. The van der Waals surface area contributed by atoms with E-state index in [-0.39, 0.29) is 30.0 Å². The third-order valence-corrected chi connectivity index (χ3v) is 3.95. The Kier molecular flexibility index (Phi) is 3.53. The zero-order valence-electron chi connectivity index (χ0n) is 10.9. The quantitative estimate of drug-likeness (QED) is 0.862. The highest BCUT2D eigenvalue weighted by Crippen LogP contribution is 2.34. The number of nitrogens with two attached hydrogens (primary N) is 1. The molecule has 4 heteroatoms. The van der Waals surface area contributed by atoms with E-state index in [1.54, 1.807) is 0 Å². The average Bonchev–Trinajstić information content (AvgIpc) is 3.15. The van der Waals surface area contributed by atoms with Crippen molar-refractivity contribution in [2.24, 2.45) is 11.7 Å². The van der Waals surface area contributed by atoms with Gasteiger partial charge in [-0.15, -0.1) is 0 Å². The van der Waals surface area contributed by atoms with E-state index in [0.717, 1.165) is 31.4 Å². The predicted octanol–water partition coefficient (Wildman–Crippen LogP) is 1.37. The van der Waals surface area contributed by atoms with Crippen molar-refractivity contribution in [3.05, 3.63) is 35.9 Å². The van der Waals surface area contributed by atoms with Gasteiger partial charge in [-0.25, -0.2) is 0 Å². The molecule has 2 aliphatic rings. The number of hydrogen-bond donors (Lipinski definition) is 2. The van der Waals surface area contributed by atoms with Gasteiger partial charge in [0.25, 0.3) is 0 Å². The summed E-state index contributed by atoms with van der Waals surface area (Å²) in [7, 11) is 0. The molecule has 1 saturated carbocycles. The first-order valence-electron chi connectivity index (χ1n) is 6.98.